The number of fused-ring (bicyclic) bond motifs is 1. The Hall–Kier alpha value is -0.564. The molecule has 1 fully saturated rings. The van der Waals surface area contributed by atoms with Gasteiger partial charge in [0, 0.05) is 36.8 Å². The molecule has 0 aliphatic carbocycles. The van der Waals surface area contributed by atoms with Gasteiger partial charge in [0.15, 0.2) is 5.13 Å². The number of aromatic nitrogens is 2. The summed E-state index contributed by atoms with van der Waals surface area (Å²) in [4.78, 5) is 11.7. The molecular weight excluding hydrogens is 737 g/mol. The number of pyridine rings is 1. The van der Waals surface area contributed by atoms with Gasteiger partial charge < -0.3 is 27.2 Å². The van der Waals surface area contributed by atoms with E-state index in [-0.39, 0.29) is 7.43 Å². The molecule has 1 aliphatic rings. The van der Waals surface area contributed by atoms with Crippen molar-refractivity contribution in [2.24, 2.45) is 0 Å². The third kappa shape index (κ3) is 7.47. The van der Waals surface area contributed by atoms with Crippen LogP contribution in [0.3, 0.4) is 0 Å². The summed E-state index contributed by atoms with van der Waals surface area (Å²) >= 11 is 12.2. The van der Waals surface area contributed by atoms with E-state index in [0.29, 0.717) is 28.9 Å². The standard InChI is InChI=1S/C21H24ClN4O2S.CH3.HI.Os/c1-14(2)23-21-25-17(13-29-21)16-5-3-15-4-6-18(19(22)20(15)24-16)28-12-9-26-7-10-27-11-8-26;;;/h4-6,13-14H,7-12H2,1-2H3,(H,23,25);1H3;1H;/q2*-1;;+1/p-1. The van der Waals surface area contributed by atoms with Crippen LogP contribution in [0, 0.1) is 13.5 Å². The Morgan fingerprint density at radius 3 is 2.75 bits per heavy atom. The van der Waals surface area contributed by atoms with Gasteiger partial charge in [-0.05, 0) is 19.4 Å². The molecule has 4 rings (SSSR count). The Balaban J connectivity index is 0.00000118. The van der Waals surface area contributed by atoms with E-state index >= 15 is 0 Å². The van der Waals surface area contributed by atoms with E-state index in [4.69, 9.17) is 26.1 Å². The first-order valence-electron chi connectivity index (χ1n) is 9.90. The van der Waals surface area contributed by atoms with Crippen molar-refractivity contribution in [1.82, 2.24) is 14.9 Å². The Morgan fingerprint density at radius 2 is 2.03 bits per heavy atom. The minimum absolute atomic E-state index is 0. The van der Waals surface area contributed by atoms with E-state index < -0.39 is 0 Å². The van der Waals surface area contributed by atoms with Gasteiger partial charge in [-0.2, -0.15) is 0 Å². The van der Waals surface area contributed by atoms with Crippen molar-refractivity contribution in [2.45, 2.75) is 19.9 Å². The summed E-state index contributed by atoms with van der Waals surface area (Å²) in [7, 11) is 0. The number of anilines is 1. The van der Waals surface area contributed by atoms with Gasteiger partial charge in [0.05, 0.1) is 23.9 Å². The molecule has 6 nitrogen and oxygen atoms in total. The number of rotatable bonds is 7. The molecule has 0 unspecified atom stereocenters. The van der Waals surface area contributed by atoms with E-state index in [2.05, 4.69) is 54.8 Å². The van der Waals surface area contributed by atoms with Gasteiger partial charge in [0.25, 0.3) is 0 Å². The van der Waals surface area contributed by atoms with Crippen molar-refractivity contribution in [3.8, 4) is 17.1 Å². The van der Waals surface area contributed by atoms with Gasteiger partial charge in [-0.25, -0.2) is 4.98 Å². The maximum atomic E-state index is 6.63. The number of morpholine rings is 1. The van der Waals surface area contributed by atoms with E-state index in [1.54, 1.807) is 11.3 Å². The van der Waals surface area contributed by atoms with Crippen LogP contribution >= 0.6 is 42.6 Å². The second-order valence-corrected chi connectivity index (χ2v) is 8.44. The monoisotopic (exact) mass is 765 g/mol. The molecule has 10 heteroatoms. The number of hydrogen-bond donors (Lipinski definition) is 1. The van der Waals surface area contributed by atoms with Crippen LogP contribution < -0.4 is 10.1 Å². The quantitative estimate of drug-likeness (QED) is 0.247. The van der Waals surface area contributed by atoms with Crippen LogP contribution in [0.1, 0.15) is 13.8 Å². The van der Waals surface area contributed by atoms with Crippen LogP contribution in [0.4, 0.5) is 5.13 Å². The molecule has 3 heterocycles. The number of nitrogens with zero attached hydrogens (tertiary/aromatic N) is 3. The second kappa shape index (κ2) is 14.0. The third-order valence-corrected chi connectivity index (χ3v) is 5.76. The van der Waals surface area contributed by atoms with Gasteiger partial charge in [-0.3, -0.25) is 4.90 Å². The number of hydrogen-bond acceptors (Lipinski definition) is 7. The van der Waals surface area contributed by atoms with Crippen LogP contribution in [-0.2, 0) is 19.8 Å². The van der Waals surface area contributed by atoms with Crippen molar-refractivity contribution in [1.29, 1.82) is 0 Å². The number of benzene rings is 1. The maximum absolute atomic E-state index is 6.63. The molecule has 0 spiro atoms. The van der Waals surface area contributed by atoms with Gasteiger partial charge >= 0.3 is 34.7 Å². The molecule has 0 amide bonds. The number of thiazole rings is 1. The van der Waals surface area contributed by atoms with Crippen LogP contribution in [0.2, 0.25) is 5.02 Å². The number of ether oxygens (including phenoxy) is 2. The van der Waals surface area contributed by atoms with E-state index in [9.17, 15) is 0 Å². The topological polar surface area (TPSA) is 59.5 Å². The van der Waals surface area contributed by atoms with Crippen molar-refractivity contribution in [2.75, 3.05) is 44.8 Å². The van der Waals surface area contributed by atoms with Crippen LogP contribution in [-0.4, -0.2) is 60.4 Å². The average Bonchev–Trinajstić information content (AvgIpc) is 3.25. The summed E-state index contributed by atoms with van der Waals surface area (Å²) in [6.45, 7) is 9.04. The molecule has 0 saturated carbocycles. The Bertz CT molecular complexity index is 986. The first kappa shape index (κ1) is 27.7. The molecule has 0 bridgehead atoms. The Labute approximate surface area is 220 Å². The van der Waals surface area contributed by atoms with Gasteiger partial charge in [-0.1, -0.05) is 17.7 Å². The first-order chi connectivity index (χ1) is 15.1. The fourth-order valence-electron chi connectivity index (χ4n) is 3.13. The minimum atomic E-state index is 0. The summed E-state index contributed by atoms with van der Waals surface area (Å²) in [6.07, 6.45) is 0. The van der Waals surface area contributed by atoms with Crippen LogP contribution in [0.15, 0.2) is 23.6 Å². The summed E-state index contributed by atoms with van der Waals surface area (Å²) in [6, 6.07) is 9.27. The van der Waals surface area contributed by atoms with Crippen LogP contribution in [0.25, 0.3) is 22.3 Å². The van der Waals surface area contributed by atoms with E-state index in [1.165, 1.54) is 0 Å². The normalized spacial score (nSPS) is 13.9. The average molecular weight is 764 g/mol. The predicted octanol–water partition coefficient (Wildman–Crippen LogP) is 5.68. The third-order valence-electron chi connectivity index (χ3n) is 4.62. The molecule has 1 aromatic carbocycles. The number of nitrogens with one attached hydrogen (secondary N) is 1. The van der Waals surface area contributed by atoms with Crippen molar-refractivity contribution < 1.29 is 24.5 Å². The fraction of sp³-hybridized carbons (Fsp3) is 0.409. The Morgan fingerprint density at radius 1 is 1.28 bits per heavy atom. The summed E-state index contributed by atoms with van der Waals surface area (Å²) in [5, 5.41) is 7.55. The molecular formula is C22H27ClIN4O2OsS-2. The predicted molar refractivity (Wildman–Crippen MR) is 139 cm³/mol. The van der Waals surface area contributed by atoms with E-state index in [1.807, 2.05) is 38.6 Å². The first-order valence-corrected chi connectivity index (χ1v) is 18.4. The molecule has 0 radical (unpaired) electrons. The summed E-state index contributed by atoms with van der Waals surface area (Å²) < 4.78 is 11.3. The zero-order valence-corrected chi connectivity index (χ0v) is 24.6. The fourth-order valence-corrected chi connectivity index (χ4v) is 4.24. The zero-order chi connectivity index (χ0) is 22.2. The van der Waals surface area contributed by atoms with Gasteiger partial charge in [0.2, 0.25) is 0 Å². The van der Waals surface area contributed by atoms with Crippen molar-refractivity contribution in [3.05, 3.63) is 42.1 Å². The molecule has 32 heavy (non-hydrogen) atoms. The molecule has 1 saturated heterocycles. The molecule has 0 atom stereocenters. The molecule has 1 aliphatic heterocycles. The summed E-state index contributed by atoms with van der Waals surface area (Å²) in [5.74, 6) is 0.644. The van der Waals surface area contributed by atoms with E-state index in [0.717, 1.165) is 54.8 Å². The SMILES string of the molecule is CC(C)Nc1nc(-c2c[c-]c3ccc(OCCN4CCOCC4)c(Cl)c3n2)cs1.[CH3-].[I][Os]. The molecule has 177 valence electrons. The number of halogens is 2. The van der Waals surface area contributed by atoms with Crippen molar-refractivity contribution >= 4 is 58.6 Å². The summed E-state index contributed by atoms with van der Waals surface area (Å²) in [5.41, 5.74) is 2.24. The second-order valence-electron chi connectivity index (χ2n) is 7.20. The van der Waals surface area contributed by atoms with Gasteiger partial charge in [0.1, 0.15) is 12.4 Å². The molecule has 2 aromatic heterocycles. The van der Waals surface area contributed by atoms with Crippen molar-refractivity contribution in [3.63, 3.8) is 0 Å². The Kier molecular flexibility index (Phi) is 12.1. The van der Waals surface area contributed by atoms with Crippen LogP contribution in [0.5, 0.6) is 5.75 Å². The van der Waals surface area contributed by atoms with Gasteiger partial charge in [-0.15, -0.1) is 34.9 Å². The molecule has 1 N–H and O–H groups in total. The zero-order valence-electron chi connectivity index (χ0n) is 18.3. The molecule has 3 aromatic rings.